The van der Waals surface area contributed by atoms with Gasteiger partial charge in [-0.3, -0.25) is 14.9 Å². The van der Waals surface area contributed by atoms with E-state index in [0.29, 0.717) is 31.9 Å². The van der Waals surface area contributed by atoms with Crippen molar-refractivity contribution in [2.75, 3.05) is 24.6 Å². The summed E-state index contributed by atoms with van der Waals surface area (Å²) in [5.41, 5.74) is -0.679. The Morgan fingerprint density at radius 1 is 1.65 bits per heavy atom. The fourth-order valence-electron chi connectivity index (χ4n) is 2.39. The van der Waals surface area contributed by atoms with Crippen LogP contribution in [0.1, 0.15) is 20.3 Å². The highest BCUT2D eigenvalue weighted by Gasteiger charge is 2.43. The predicted octanol–water partition coefficient (Wildman–Crippen LogP) is 1.77. The number of pyridine rings is 1. The Morgan fingerprint density at radius 2 is 2.40 bits per heavy atom. The quantitative estimate of drug-likeness (QED) is 0.474. The van der Waals surface area contributed by atoms with Crippen molar-refractivity contribution in [1.29, 1.82) is 0 Å². The van der Waals surface area contributed by atoms with Gasteiger partial charge in [-0.1, -0.05) is 0 Å². The fourth-order valence-corrected chi connectivity index (χ4v) is 2.39. The van der Waals surface area contributed by atoms with Crippen molar-refractivity contribution in [1.82, 2.24) is 4.98 Å². The molecule has 0 radical (unpaired) electrons. The SMILES string of the molecule is CCOC(=O)C1(C)CCN(c2ncccc2[N+](=O)[O-])C1. The highest BCUT2D eigenvalue weighted by atomic mass is 16.6. The minimum atomic E-state index is -0.637. The molecule has 1 unspecified atom stereocenters. The largest absolute Gasteiger partial charge is 0.466 e. The number of rotatable bonds is 4. The number of anilines is 1. The maximum Gasteiger partial charge on any atom is 0.313 e. The summed E-state index contributed by atoms with van der Waals surface area (Å²) in [7, 11) is 0. The topological polar surface area (TPSA) is 85.6 Å². The van der Waals surface area contributed by atoms with E-state index < -0.39 is 10.3 Å². The Kier molecular flexibility index (Phi) is 3.87. The minimum Gasteiger partial charge on any atom is -0.466 e. The smallest absolute Gasteiger partial charge is 0.313 e. The zero-order valence-electron chi connectivity index (χ0n) is 11.5. The molecule has 2 rings (SSSR count). The number of nitro groups is 1. The third-order valence-corrected chi connectivity index (χ3v) is 3.50. The zero-order chi connectivity index (χ0) is 14.8. The normalized spacial score (nSPS) is 21.8. The van der Waals surface area contributed by atoms with Crippen molar-refractivity contribution < 1.29 is 14.5 Å². The van der Waals surface area contributed by atoms with Crippen LogP contribution in [0.5, 0.6) is 0 Å². The second kappa shape index (κ2) is 5.44. The van der Waals surface area contributed by atoms with Gasteiger partial charge in [0.1, 0.15) is 0 Å². The van der Waals surface area contributed by atoms with Crippen molar-refractivity contribution >= 4 is 17.5 Å². The first kappa shape index (κ1) is 14.2. The summed E-state index contributed by atoms with van der Waals surface area (Å²) < 4.78 is 5.07. The van der Waals surface area contributed by atoms with Gasteiger partial charge in [-0.25, -0.2) is 4.98 Å². The maximum absolute atomic E-state index is 12.0. The standard InChI is InChI=1S/C13H17N3O4/c1-3-20-12(17)13(2)6-8-15(9-13)11-10(16(18)19)5-4-7-14-11/h4-5,7H,3,6,8-9H2,1-2H3. The Morgan fingerprint density at radius 3 is 3.05 bits per heavy atom. The van der Waals surface area contributed by atoms with Crippen LogP contribution in [0.2, 0.25) is 0 Å². The van der Waals surface area contributed by atoms with Gasteiger partial charge < -0.3 is 9.64 Å². The molecule has 1 aromatic heterocycles. The Hall–Kier alpha value is -2.18. The highest BCUT2D eigenvalue weighted by molar-refractivity contribution is 5.78. The van der Waals surface area contributed by atoms with Crippen LogP contribution >= 0.6 is 0 Å². The molecule has 0 aromatic carbocycles. The van der Waals surface area contributed by atoms with Crippen molar-refractivity contribution in [3.05, 3.63) is 28.4 Å². The molecule has 0 bridgehead atoms. The maximum atomic E-state index is 12.0. The molecule has 20 heavy (non-hydrogen) atoms. The molecule has 1 atom stereocenters. The number of hydrogen-bond acceptors (Lipinski definition) is 6. The second-order valence-corrected chi connectivity index (χ2v) is 5.06. The number of aromatic nitrogens is 1. The summed E-state index contributed by atoms with van der Waals surface area (Å²) in [6, 6.07) is 2.95. The van der Waals surface area contributed by atoms with E-state index in [1.807, 2.05) is 6.92 Å². The van der Waals surface area contributed by atoms with Gasteiger partial charge in [0.05, 0.1) is 16.9 Å². The molecular weight excluding hydrogens is 262 g/mol. The monoisotopic (exact) mass is 279 g/mol. The molecule has 2 heterocycles. The Labute approximate surface area is 116 Å². The first-order chi connectivity index (χ1) is 9.48. The van der Waals surface area contributed by atoms with Crippen LogP contribution in [0.3, 0.4) is 0 Å². The zero-order valence-corrected chi connectivity index (χ0v) is 11.5. The minimum absolute atomic E-state index is 0.0411. The van der Waals surface area contributed by atoms with Crippen LogP contribution in [0.25, 0.3) is 0 Å². The van der Waals surface area contributed by atoms with Gasteiger partial charge in [0.15, 0.2) is 0 Å². The van der Waals surface area contributed by atoms with E-state index in [2.05, 4.69) is 4.98 Å². The van der Waals surface area contributed by atoms with E-state index in [1.165, 1.54) is 18.3 Å². The number of carbonyl (C=O) groups excluding carboxylic acids is 1. The van der Waals surface area contributed by atoms with E-state index in [-0.39, 0.29) is 11.7 Å². The molecule has 7 heteroatoms. The van der Waals surface area contributed by atoms with Gasteiger partial charge >= 0.3 is 11.7 Å². The van der Waals surface area contributed by atoms with Gasteiger partial charge in [-0.05, 0) is 26.3 Å². The highest BCUT2D eigenvalue weighted by Crippen LogP contribution is 2.36. The average molecular weight is 279 g/mol. The van der Waals surface area contributed by atoms with Crippen molar-refractivity contribution in [3.63, 3.8) is 0 Å². The summed E-state index contributed by atoms with van der Waals surface area (Å²) in [6.07, 6.45) is 2.11. The first-order valence-electron chi connectivity index (χ1n) is 6.49. The molecule has 1 fully saturated rings. The molecule has 0 spiro atoms. The molecule has 1 saturated heterocycles. The fraction of sp³-hybridized carbons (Fsp3) is 0.538. The van der Waals surface area contributed by atoms with Crippen molar-refractivity contribution in [3.8, 4) is 0 Å². The van der Waals surface area contributed by atoms with Gasteiger partial charge in [0.25, 0.3) is 0 Å². The molecule has 1 aromatic rings. The number of hydrogen-bond donors (Lipinski definition) is 0. The molecule has 1 aliphatic heterocycles. The first-order valence-corrected chi connectivity index (χ1v) is 6.49. The summed E-state index contributed by atoms with van der Waals surface area (Å²) in [4.78, 5) is 28.4. The lowest BCUT2D eigenvalue weighted by Crippen LogP contribution is -2.34. The molecule has 0 saturated carbocycles. The molecule has 0 N–H and O–H groups in total. The van der Waals surface area contributed by atoms with Crippen LogP contribution in [0.15, 0.2) is 18.3 Å². The summed E-state index contributed by atoms with van der Waals surface area (Å²) in [5.74, 6) is 0.0478. The Balaban J connectivity index is 2.22. The average Bonchev–Trinajstić information content (AvgIpc) is 2.83. The van der Waals surface area contributed by atoms with Gasteiger partial charge in [-0.2, -0.15) is 0 Å². The van der Waals surface area contributed by atoms with Crippen LogP contribution in [0, 0.1) is 15.5 Å². The number of carbonyl (C=O) groups is 1. The van der Waals surface area contributed by atoms with Crippen molar-refractivity contribution in [2.24, 2.45) is 5.41 Å². The lowest BCUT2D eigenvalue weighted by Gasteiger charge is -2.22. The molecule has 7 nitrogen and oxygen atoms in total. The van der Waals surface area contributed by atoms with E-state index in [0.717, 1.165) is 0 Å². The Bertz CT molecular complexity index is 534. The lowest BCUT2D eigenvalue weighted by atomic mass is 9.90. The lowest BCUT2D eigenvalue weighted by molar-refractivity contribution is -0.384. The van der Waals surface area contributed by atoms with E-state index in [4.69, 9.17) is 4.74 Å². The molecule has 1 aliphatic rings. The molecule has 108 valence electrons. The van der Waals surface area contributed by atoms with Crippen LogP contribution < -0.4 is 4.90 Å². The van der Waals surface area contributed by atoms with E-state index >= 15 is 0 Å². The van der Waals surface area contributed by atoms with Gasteiger partial charge in [-0.15, -0.1) is 0 Å². The molecular formula is C13H17N3O4. The van der Waals surface area contributed by atoms with Crippen LogP contribution in [0.4, 0.5) is 11.5 Å². The molecule has 0 aliphatic carbocycles. The van der Waals surface area contributed by atoms with Gasteiger partial charge in [0.2, 0.25) is 5.82 Å². The van der Waals surface area contributed by atoms with E-state index in [1.54, 1.807) is 11.8 Å². The third kappa shape index (κ3) is 2.56. The number of ether oxygens (including phenoxy) is 1. The number of esters is 1. The van der Waals surface area contributed by atoms with Gasteiger partial charge in [0, 0.05) is 25.4 Å². The van der Waals surface area contributed by atoms with E-state index in [9.17, 15) is 14.9 Å². The van der Waals surface area contributed by atoms with Crippen LogP contribution in [-0.2, 0) is 9.53 Å². The third-order valence-electron chi connectivity index (χ3n) is 3.50. The second-order valence-electron chi connectivity index (χ2n) is 5.06. The van der Waals surface area contributed by atoms with Crippen LogP contribution in [-0.4, -0.2) is 35.6 Å². The summed E-state index contributed by atoms with van der Waals surface area (Å²) in [6.45, 7) is 4.84. The summed E-state index contributed by atoms with van der Waals surface area (Å²) in [5, 5.41) is 11.0. The summed E-state index contributed by atoms with van der Waals surface area (Å²) >= 11 is 0. The molecule has 0 amide bonds. The van der Waals surface area contributed by atoms with Crippen molar-refractivity contribution in [2.45, 2.75) is 20.3 Å². The number of nitrogens with zero attached hydrogens (tertiary/aromatic N) is 3. The predicted molar refractivity (Wildman–Crippen MR) is 72.5 cm³/mol.